The standard InChI is InChI=1S/C33H35FN2O7/c1-40-26-11-10-24(19-25(26)34)31(37)29-30(36(33(39)32(29)38)14-6-13-35-15-17-42-18-16-35)23-9-12-27(28(20-23)41-2)43-21-22-7-4-3-5-8-22/h3-5,7-12,19-20,30,37H,6,13-18,21H2,1-2H3/t30-/m1/s1. The molecule has 0 aliphatic carbocycles. The number of morpholine rings is 1. The molecule has 3 aromatic carbocycles. The van der Waals surface area contributed by atoms with Gasteiger partial charge >= 0.3 is 0 Å². The number of benzene rings is 3. The van der Waals surface area contributed by atoms with Crippen LogP contribution >= 0.6 is 0 Å². The maximum Gasteiger partial charge on any atom is 0.295 e. The Labute approximate surface area is 250 Å². The summed E-state index contributed by atoms with van der Waals surface area (Å²) in [6, 6.07) is 17.8. The molecule has 9 nitrogen and oxygen atoms in total. The van der Waals surface area contributed by atoms with Gasteiger partial charge in [-0.2, -0.15) is 0 Å². The van der Waals surface area contributed by atoms with Gasteiger partial charge in [0.15, 0.2) is 23.1 Å². The Balaban J connectivity index is 1.49. The molecule has 5 rings (SSSR count). The summed E-state index contributed by atoms with van der Waals surface area (Å²) in [5.41, 5.74) is 1.46. The van der Waals surface area contributed by atoms with Crippen LogP contribution in [0.1, 0.15) is 29.2 Å². The molecule has 226 valence electrons. The van der Waals surface area contributed by atoms with Gasteiger partial charge in [-0.3, -0.25) is 14.5 Å². The lowest BCUT2D eigenvalue weighted by Gasteiger charge is -2.29. The second-order valence-corrected chi connectivity index (χ2v) is 10.3. The first-order valence-electron chi connectivity index (χ1n) is 14.2. The summed E-state index contributed by atoms with van der Waals surface area (Å²) in [6.07, 6.45) is 0.607. The molecule has 0 spiro atoms. The van der Waals surface area contributed by atoms with Gasteiger partial charge < -0.3 is 29.0 Å². The second kappa shape index (κ2) is 13.7. The van der Waals surface area contributed by atoms with Gasteiger partial charge in [-0.25, -0.2) is 4.39 Å². The number of aliphatic hydroxyl groups is 1. The molecule has 1 N–H and O–H groups in total. The lowest BCUT2D eigenvalue weighted by Crippen LogP contribution is -2.39. The highest BCUT2D eigenvalue weighted by Crippen LogP contribution is 2.42. The Morgan fingerprint density at radius 3 is 2.35 bits per heavy atom. The molecule has 2 saturated heterocycles. The van der Waals surface area contributed by atoms with Crippen molar-refractivity contribution in [3.05, 3.63) is 94.8 Å². The summed E-state index contributed by atoms with van der Waals surface area (Å²) in [6.45, 7) is 4.22. The molecule has 0 radical (unpaired) electrons. The summed E-state index contributed by atoms with van der Waals surface area (Å²) < 4.78 is 36.6. The van der Waals surface area contributed by atoms with Crippen LogP contribution < -0.4 is 14.2 Å². The number of methoxy groups -OCH3 is 2. The number of ether oxygens (including phenoxy) is 4. The predicted octanol–water partition coefficient (Wildman–Crippen LogP) is 4.57. The maximum absolute atomic E-state index is 14.6. The second-order valence-electron chi connectivity index (χ2n) is 10.3. The number of rotatable bonds is 11. The van der Waals surface area contributed by atoms with Crippen LogP contribution in [-0.4, -0.2) is 80.2 Å². The van der Waals surface area contributed by atoms with E-state index in [4.69, 9.17) is 18.9 Å². The van der Waals surface area contributed by atoms with Crippen LogP contribution in [0.25, 0.3) is 5.76 Å². The van der Waals surface area contributed by atoms with Crippen LogP contribution in [0.15, 0.2) is 72.3 Å². The molecule has 2 fully saturated rings. The molecule has 0 aromatic heterocycles. The van der Waals surface area contributed by atoms with Crippen LogP contribution in [0.4, 0.5) is 4.39 Å². The summed E-state index contributed by atoms with van der Waals surface area (Å²) in [4.78, 5) is 30.6. The summed E-state index contributed by atoms with van der Waals surface area (Å²) >= 11 is 0. The fraction of sp³-hybridized carbons (Fsp3) is 0.333. The zero-order valence-electron chi connectivity index (χ0n) is 24.3. The van der Waals surface area contributed by atoms with E-state index in [1.807, 2.05) is 30.3 Å². The van der Waals surface area contributed by atoms with Gasteiger partial charge in [0.05, 0.1) is 39.0 Å². The first-order valence-corrected chi connectivity index (χ1v) is 14.2. The van der Waals surface area contributed by atoms with E-state index in [0.717, 1.165) is 31.3 Å². The number of amides is 1. The van der Waals surface area contributed by atoms with Gasteiger partial charge in [-0.15, -0.1) is 0 Å². The molecule has 0 unspecified atom stereocenters. The summed E-state index contributed by atoms with van der Waals surface area (Å²) in [7, 11) is 2.84. The van der Waals surface area contributed by atoms with Gasteiger partial charge in [0.25, 0.3) is 11.7 Å². The number of halogens is 1. The van der Waals surface area contributed by atoms with E-state index in [1.165, 1.54) is 31.3 Å². The quantitative estimate of drug-likeness (QED) is 0.197. The lowest BCUT2D eigenvalue weighted by atomic mass is 9.94. The van der Waals surface area contributed by atoms with Crippen molar-refractivity contribution in [1.82, 2.24) is 9.80 Å². The van der Waals surface area contributed by atoms with Gasteiger partial charge in [0.2, 0.25) is 0 Å². The zero-order valence-corrected chi connectivity index (χ0v) is 24.3. The smallest absolute Gasteiger partial charge is 0.295 e. The van der Waals surface area contributed by atoms with E-state index in [9.17, 15) is 19.1 Å². The van der Waals surface area contributed by atoms with Crippen molar-refractivity contribution in [3.8, 4) is 17.2 Å². The van der Waals surface area contributed by atoms with E-state index in [0.29, 0.717) is 43.3 Å². The molecular formula is C33H35FN2O7. The number of aliphatic hydroxyl groups excluding tert-OH is 1. The average molecular weight is 591 g/mol. The van der Waals surface area contributed by atoms with Crippen LogP contribution in [-0.2, 0) is 20.9 Å². The Morgan fingerprint density at radius 2 is 1.65 bits per heavy atom. The fourth-order valence-corrected chi connectivity index (χ4v) is 5.42. The first-order chi connectivity index (χ1) is 20.9. The number of nitrogens with zero attached hydrogens (tertiary/aromatic N) is 2. The third-order valence-corrected chi connectivity index (χ3v) is 7.68. The molecule has 2 aliphatic heterocycles. The molecule has 10 heteroatoms. The van der Waals surface area contributed by atoms with Crippen molar-refractivity contribution >= 4 is 17.4 Å². The highest BCUT2D eigenvalue weighted by molar-refractivity contribution is 6.46. The van der Waals surface area contributed by atoms with Crippen molar-refractivity contribution in [2.75, 3.05) is 53.6 Å². The van der Waals surface area contributed by atoms with Gasteiger partial charge in [-0.1, -0.05) is 36.4 Å². The lowest BCUT2D eigenvalue weighted by molar-refractivity contribution is -0.140. The highest BCUT2D eigenvalue weighted by atomic mass is 19.1. The molecule has 0 saturated carbocycles. The van der Waals surface area contributed by atoms with E-state index < -0.39 is 29.3 Å². The minimum Gasteiger partial charge on any atom is -0.507 e. The molecule has 2 aliphatic rings. The van der Waals surface area contributed by atoms with Gasteiger partial charge in [0, 0.05) is 31.7 Å². The molecule has 43 heavy (non-hydrogen) atoms. The van der Waals surface area contributed by atoms with Gasteiger partial charge in [0.1, 0.15) is 12.4 Å². The number of ketones is 1. The molecule has 1 atom stereocenters. The molecule has 3 aromatic rings. The number of Topliss-reactive ketones (excluding diaryl/α,β-unsaturated/α-hetero) is 1. The Kier molecular flexibility index (Phi) is 9.58. The minimum atomic E-state index is -0.924. The third kappa shape index (κ3) is 6.65. The molecule has 1 amide bonds. The average Bonchev–Trinajstić information content (AvgIpc) is 3.29. The number of carbonyl (C=O) groups is 2. The van der Waals surface area contributed by atoms with E-state index in [1.54, 1.807) is 18.2 Å². The van der Waals surface area contributed by atoms with Crippen molar-refractivity contribution in [2.45, 2.75) is 19.1 Å². The summed E-state index contributed by atoms with van der Waals surface area (Å²) in [5, 5.41) is 11.4. The minimum absolute atomic E-state index is 0.00695. The Morgan fingerprint density at radius 1 is 0.930 bits per heavy atom. The number of hydrogen-bond acceptors (Lipinski definition) is 8. The topological polar surface area (TPSA) is 97.8 Å². The summed E-state index contributed by atoms with van der Waals surface area (Å²) in [5.74, 6) is -1.86. The van der Waals surface area contributed by atoms with Crippen LogP contribution in [0.5, 0.6) is 17.2 Å². The van der Waals surface area contributed by atoms with Crippen molar-refractivity contribution < 1.29 is 38.0 Å². The van der Waals surface area contributed by atoms with Crippen molar-refractivity contribution in [2.24, 2.45) is 0 Å². The highest BCUT2D eigenvalue weighted by Gasteiger charge is 2.46. The fourth-order valence-electron chi connectivity index (χ4n) is 5.42. The normalized spacial score (nSPS) is 18.6. The Hall–Kier alpha value is -4.41. The van der Waals surface area contributed by atoms with Crippen LogP contribution in [0.3, 0.4) is 0 Å². The third-order valence-electron chi connectivity index (χ3n) is 7.68. The monoisotopic (exact) mass is 590 g/mol. The van der Waals surface area contributed by atoms with E-state index in [-0.39, 0.29) is 23.4 Å². The van der Waals surface area contributed by atoms with Crippen molar-refractivity contribution in [3.63, 3.8) is 0 Å². The van der Waals surface area contributed by atoms with Crippen LogP contribution in [0, 0.1) is 5.82 Å². The zero-order chi connectivity index (χ0) is 30.3. The molecule has 0 bridgehead atoms. The van der Waals surface area contributed by atoms with Crippen molar-refractivity contribution in [1.29, 1.82) is 0 Å². The Bertz CT molecular complexity index is 1490. The van der Waals surface area contributed by atoms with Gasteiger partial charge in [-0.05, 0) is 47.9 Å². The number of hydrogen-bond donors (Lipinski definition) is 1. The number of likely N-dealkylation sites (tertiary alicyclic amines) is 1. The largest absolute Gasteiger partial charge is 0.507 e. The molecular weight excluding hydrogens is 555 g/mol. The first kappa shape index (κ1) is 30.1. The molecule has 2 heterocycles. The predicted molar refractivity (Wildman–Crippen MR) is 158 cm³/mol. The SMILES string of the molecule is COc1ccc(C(O)=C2C(=O)C(=O)N(CCCN3CCOCC3)[C@@H]2c2ccc(OCc3ccccc3)c(OC)c2)cc1F. The van der Waals surface area contributed by atoms with E-state index in [2.05, 4.69) is 4.90 Å². The van der Waals surface area contributed by atoms with E-state index >= 15 is 0 Å². The van der Waals surface area contributed by atoms with Crippen LogP contribution in [0.2, 0.25) is 0 Å². The number of carbonyl (C=O) groups excluding carboxylic acids is 2. The maximum atomic E-state index is 14.6.